The topological polar surface area (TPSA) is 131 Å². The molecule has 0 aromatic heterocycles. The molecule has 2 aliphatic rings. The van der Waals surface area contributed by atoms with Crippen LogP contribution >= 0.6 is 0 Å². The van der Waals surface area contributed by atoms with Gasteiger partial charge in [0.15, 0.2) is 0 Å². The number of methoxy groups -OCH3 is 1. The molecule has 3 atom stereocenters. The number of aryl methyl sites for hydroxylation is 1. The van der Waals surface area contributed by atoms with Gasteiger partial charge in [-0.2, -0.15) is 0 Å². The summed E-state index contributed by atoms with van der Waals surface area (Å²) in [5.41, 5.74) is 7.78. The Morgan fingerprint density at radius 1 is 1.23 bits per heavy atom. The second-order valence-corrected chi connectivity index (χ2v) is 7.93. The first-order chi connectivity index (χ1) is 14.9. The van der Waals surface area contributed by atoms with E-state index < -0.39 is 24.0 Å². The molecule has 1 aromatic rings. The van der Waals surface area contributed by atoms with Crippen LogP contribution in [0.25, 0.3) is 0 Å². The molecule has 0 saturated carbocycles. The van der Waals surface area contributed by atoms with Gasteiger partial charge in [0.25, 0.3) is 0 Å². The number of nitrogens with zero attached hydrogens (tertiary/aromatic N) is 1. The summed E-state index contributed by atoms with van der Waals surface area (Å²) in [4.78, 5) is 50.8. The van der Waals surface area contributed by atoms with Crippen molar-refractivity contribution in [1.29, 1.82) is 0 Å². The number of carbonyl (C=O) groups excluding carboxylic acids is 4. The molecule has 0 spiro atoms. The summed E-state index contributed by atoms with van der Waals surface area (Å²) in [6.07, 6.45) is 3.13. The van der Waals surface area contributed by atoms with Gasteiger partial charge in [0.05, 0.1) is 19.7 Å². The van der Waals surface area contributed by atoms with E-state index in [2.05, 4.69) is 16.7 Å². The number of likely N-dealkylation sites (tertiary alicyclic amines) is 1. The van der Waals surface area contributed by atoms with Crippen LogP contribution in [0.3, 0.4) is 0 Å². The number of nitrogens with one attached hydrogen (secondary N) is 2. The molecule has 9 nitrogen and oxygen atoms in total. The third-order valence-electron chi connectivity index (χ3n) is 5.98. The Morgan fingerprint density at radius 2 is 2.00 bits per heavy atom. The van der Waals surface area contributed by atoms with Gasteiger partial charge in [-0.1, -0.05) is 24.3 Å². The molecular weight excluding hydrogens is 400 g/mol. The highest BCUT2D eigenvalue weighted by Crippen LogP contribution is 2.30. The van der Waals surface area contributed by atoms with Gasteiger partial charge < -0.3 is 26.0 Å². The fourth-order valence-corrected chi connectivity index (χ4v) is 4.36. The first-order valence-corrected chi connectivity index (χ1v) is 10.7. The summed E-state index contributed by atoms with van der Waals surface area (Å²) in [6.45, 7) is 0.289. The number of hydrogen-bond donors (Lipinski definition) is 3. The smallest absolute Gasteiger partial charge is 0.328 e. The minimum Gasteiger partial charge on any atom is -0.467 e. The Morgan fingerprint density at radius 3 is 2.74 bits per heavy atom. The van der Waals surface area contributed by atoms with Crippen molar-refractivity contribution in [2.45, 2.75) is 56.7 Å². The summed E-state index contributed by atoms with van der Waals surface area (Å²) >= 11 is 0. The summed E-state index contributed by atoms with van der Waals surface area (Å²) in [5, 5.41) is 5.67. The second-order valence-electron chi connectivity index (χ2n) is 7.93. The zero-order valence-electron chi connectivity index (χ0n) is 17.8. The third-order valence-corrected chi connectivity index (χ3v) is 5.98. The summed E-state index contributed by atoms with van der Waals surface area (Å²) in [5.74, 6) is -1.55. The number of esters is 1. The Bertz CT molecular complexity index is 843. The lowest BCUT2D eigenvalue weighted by atomic mass is 10.1. The lowest BCUT2D eigenvalue weighted by molar-refractivity contribution is -0.146. The van der Waals surface area contributed by atoms with Crippen LogP contribution in [-0.2, 0) is 30.3 Å². The SMILES string of the molecule is COC(=O)[C@H](CCC(=O)N[C@@H]1CCc2ccccc21)NC(=O)[C@@H]1CCCN1C(=O)CN. The number of hydrogen-bond acceptors (Lipinski definition) is 6. The van der Waals surface area contributed by atoms with Crippen LogP contribution in [0.5, 0.6) is 0 Å². The van der Waals surface area contributed by atoms with Gasteiger partial charge in [-0.15, -0.1) is 0 Å². The maximum Gasteiger partial charge on any atom is 0.328 e. The highest BCUT2D eigenvalue weighted by Gasteiger charge is 2.35. The molecule has 168 valence electrons. The van der Waals surface area contributed by atoms with E-state index in [0.29, 0.717) is 19.4 Å². The van der Waals surface area contributed by atoms with Crippen molar-refractivity contribution < 1.29 is 23.9 Å². The van der Waals surface area contributed by atoms with Crippen LogP contribution < -0.4 is 16.4 Å². The van der Waals surface area contributed by atoms with Gasteiger partial charge in [-0.25, -0.2) is 4.79 Å². The largest absolute Gasteiger partial charge is 0.467 e. The molecule has 1 heterocycles. The molecule has 3 amide bonds. The highest BCUT2D eigenvalue weighted by molar-refractivity contribution is 5.91. The van der Waals surface area contributed by atoms with Crippen molar-refractivity contribution in [2.75, 3.05) is 20.2 Å². The molecule has 1 saturated heterocycles. The maximum atomic E-state index is 12.7. The number of nitrogens with two attached hydrogens (primary N) is 1. The van der Waals surface area contributed by atoms with Crippen LogP contribution in [-0.4, -0.2) is 60.9 Å². The normalized spacial score (nSPS) is 20.6. The van der Waals surface area contributed by atoms with E-state index in [9.17, 15) is 19.2 Å². The van der Waals surface area contributed by atoms with Gasteiger partial charge in [-0.3, -0.25) is 14.4 Å². The molecule has 1 aromatic carbocycles. The van der Waals surface area contributed by atoms with E-state index in [1.165, 1.54) is 17.6 Å². The number of ether oxygens (including phenoxy) is 1. The Balaban J connectivity index is 1.55. The minimum atomic E-state index is -0.963. The summed E-state index contributed by atoms with van der Waals surface area (Å²) < 4.78 is 4.80. The number of rotatable bonds is 8. The fraction of sp³-hybridized carbons (Fsp3) is 0.545. The van der Waals surface area contributed by atoms with E-state index in [4.69, 9.17) is 10.5 Å². The zero-order valence-corrected chi connectivity index (χ0v) is 17.8. The molecule has 4 N–H and O–H groups in total. The van der Waals surface area contributed by atoms with Gasteiger partial charge >= 0.3 is 5.97 Å². The van der Waals surface area contributed by atoms with E-state index in [0.717, 1.165) is 18.4 Å². The van der Waals surface area contributed by atoms with Gasteiger partial charge in [0.1, 0.15) is 12.1 Å². The molecule has 1 aliphatic heterocycles. The number of carbonyl (C=O) groups is 4. The Labute approximate surface area is 181 Å². The van der Waals surface area contributed by atoms with Crippen molar-refractivity contribution in [1.82, 2.24) is 15.5 Å². The summed E-state index contributed by atoms with van der Waals surface area (Å²) in [6, 6.07) is 6.35. The molecule has 9 heteroatoms. The van der Waals surface area contributed by atoms with Crippen LogP contribution in [0.2, 0.25) is 0 Å². The average molecular weight is 431 g/mol. The van der Waals surface area contributed by atoms with E-state index in [1.54, 1.807) is 0 Å². The highest BCUT2D eigenvalue weighted by atomic mass is 16.5. The molecular formula is C22H30N4O5. The Kier molecular flexibility index (Phi) is 7.62. The van der Waals surface area contributed by atoms with Crippen molar-refractivity contribution in [3.8, 4) is 0 Å². The second kappa shape index (κ2) is 10.4. The zero-order chi connectivity index (χ0) is 22.4. The van der Waals surface area contributed by atoms with Crippen LogP contribution in [0.4, 0.5) is 0 Å². The predicted octanol–water partition coefficient (Wildman–Crippen LogP) is 0.178. The number of benzene rings is 1. The molecule has 0 radical (unpaired) electrons. The average Bonchev–Trinajstić information content (AvgIpc) is 3.43. The monoisotopic (exact) mass is 430 g/mol. The molecule has 0 unspecified atom stereocenters. The number of fused-ring (bicyclic) bond motifs is 1. The predicted molar refractivity (Wildman–Crippen MR) is 113 cm³/mol. The van der Waals surface area contributed by atoms with Crippen molar-refractivity contribution in [3.63, 3.8) is 0 Å². The van der Waals surface area contributed by atoms with E-state index >= 15 is 0 Å². The van der Waals surface area contributed by atoms with Crippen LogP contribution in [0.15, 0.2) is 24.3 Å². The van der Waals surface area contributed by atoms with Gasteiger partial charge in [0, 0.05) is 13.0 Å². The quantitative estimate of drug-likeness (QED) is 0.504. The molecule has 0 bridgehead atoms. The van der Waals surface area contributed by atoms with E-state index in [-0.39, 0.29) is 37.2 Å². The van der Waals surface area contributed by atoms with Gasteiger partial charge in [0.2, 0.25) is 17.7 Å². The van der Waals surface area contributed by atoms with Crippen molar-refractivity contribution in [3.05, 3.63) is 35.4 Å². The van der Waals surface area contributed by atoms with Crippen LogP contribution in [0, 0.1) is 0 Å². The van der Waals surface area contributed by atoms with Gasteiger partial charge in [-0.05, 0) is 43.2 Å². The standard InChI is InChI=1S/C22H30N4O5/c1-31-22(30)17(25-21(29)18-7-4-12-26(18)20(28)13-23)10-11-19(27)24-16-9-8-14-5-2-3-6-15(14)16/h2-3,5-6,16-18H,4,7-13,23H2,1H3,(H,24,27)(H,25,29)/t16-,17+,18+/m1/s1. The molecule has 1 aliphatic carbocycles. The Hall–Kier alpha value is -2.94. The third kappa shape index (κ3) is 5.41. The lowest BCUT2D eigenvalue weighted by Crippen LogP contribution is -2.52. The first-order valence-electron chi connectivity index (χ1n) is 10.7. The van der Waals surface area contributed by atoms with Crippen LogP contribution in [0.1, 0.15) is 49.3 Å². The first kappa shape index (κ1) is 22.7. The minimum absolute atomic E-state index is 0.0378. The fourth-order valence-electron chi connectivity index (χ4n) is 4.36. The van der Waals surface area contributed by atoms with Crippen molar-refractivity contribution >= 4 is 23.7 Å². The molecule has 3 rings (SSSR count). The summed E-state index contributed by atoms with van der Waals surface area (Å²) in [7, 11) is 1.23. The van der Waals surface area contributed by atoms with Crippen molar-refractivity contribution in [2.24, 2.45) is 5.73 Å². The lowest BCUT2D eigenvalue weighted by Gasteiger charge is -2.25. The van der Waals surface area contributed by atoms with E-state index in [1.807, 2.05) is 18.2 Å². The number of amides is 3. The molecule has 1 fully saturated rings. The maximum absolute atomic E-state index is 12.7. The molecule has 31 heavy (non-hydrogen) atoms.